The molecule has 1 aromatic heterocycles. The number of amides is 1. The van der Waals surface area contributed by atoms with Gasteiger partial charge in [0.1, 0.15) is 5.82 Å². The number of carbonyl (C=O) groups is 1. The second kappa shape index (κ2) is 5.92. The lowest BCUT2D eigenvalue weighted by molar-refractivity contribution is 0.0225. The smallest absolute Gasteiger partial charge is 0.269 e. The third kappa shape index (κ3) is 3.14. The molecule has 0 aliphatic rings. The summed E-state index contributed by atoms with van der Waals surface area (Å²) in [6.07, 6.45) is 0.700. The maximum absolute atomic E-state index is 11.6. The van der Waals surface area contributed by atoms with E-state index >= 15 is 0 Å². The van der Waals surface area contributed by atoms with Crippen molar-refractivity contribution in [3.63, 3.8) is 0 Å². The van der Waals surface area contributed by atoms with Crippen molar-refractivity contribution in [3.8, 4) is 0 Å². The number of hydrogen-bond acceptors (Lipinski definition) is 4. The highest BCUT2D eigenvalue weighted by Crippen LogP contribution is 1.99. The van der Waals surface area contributed by atoms with E-state index in [0.29, 0.717) is 18.9 Å². The standard InChI is InChI=1S/C12H14N4O2/c1-2-10-13-11(15-14-10)12(17)16-18-8-9-6-4-3-5-7-9/h3-7H,2,8H2,1H3,(H,16,17)(H,13,14,15). The first kappa shape index (κ1) is 12.3. The number of rotatable bonds is 5. The first-order valence-electron chi connectivity index (χ1n) is 5.67. The molecule has 0 radical (unpaired) electrons. The molecule has 0 saturated heterocycles. The van der Waals surface area contributed by atoms with Gasteiger partial charge in [-0.1, -0.05) is 37.3 Å². The minimum Gasteiger partial charge on any atom is -0.269 e. The van der Waals surface area contributed by atoms with Crippen molar-refractivity contribution in [3.05, 3.63) is 47.5 Å². The number of nitrogens with one attached hydrogen (secondary N) is 2. The van der Waals surface area contributed by atoms with Gasteiger partial charge in [0.2, 0.25) is 5.82 Å². The number of nitrogens with zero attached hydrogens (tertiary/aromatic N) is 2. The summed E-state index contributed by atoms with van der Waals surface area (Å²) in [6.45, 7) is 2.23. The molecule has 0 saturated carbocycles. The predicted molar refractivity (Wildman–Crippen MR) is 64.5 cm³/mol. The average Bonchev–Trinajstić information content (AvgIpc) is 2.89. The van der Waals surface area contributed by atoms with Crippen LogP contribution in [-0.2, 0) is 17.9 Å². The number of aryl methyl sites for hydroxylation is 1. The van der Waals surface area contributed by atoms with Gasteiger partial charge in [-0.25, -0.2) is 10.5 Å². The van der Waals surface area contributed by atoms with Crippen molar-refractivity contribution in [1.29, 1.82) is 0 Å². The van der Waals surface area contributed by atoms with Crippen LogP contribution in [-0.4, -0.2) is 21.1 Å². The Hall–Kier alpha value is -2.21. The van der Waals surface area contributed by atoms with Gasteiger partial charge in [-0.3, -0.25) is 14.7 Å². The van der Waals surface area contributed by atoms with E-state index in [4.69, 9.17) is 4.84 Å². The molecule has 6 heteroatoms. The highest BCUT2D eigenvalue weighted by molar-refractivity contribution is 5.89. The largest absolute Gasteiger partial charge is 0.314 e. The number of hydrogen-bond donors (Lipinski definition) is 2. The molecule has 1 heterocycles. The topological polar surface area (TPSA) is 79.9 Å². The van der Waals surface area contributed by atoms with Gasteiger partial charge in [0, 0.05) is 6.42 Å². The van der Waals surface area contributed by atoms with Gasteiger partial charge in [-0.05, 0) is 5.56 Å². The zero-order chi connectivity index (χ0) is 12.8. The van der Waals surface area contributed by atoms with E-state index in [1.807, 2.05) is 37.3 Å². The molecule has 6 nitrogen and oxygen atoms in total. The Bertz CT molecular complexity index is 510. The fraction of sp³-hybridized carbons (Fsp3) is 0.250. The van der Waals surface area contributed by atoms with Gasteiger partial charge in [0.25, 0.3) is 0 Å². The van der Waals surface area contributed by atoms with Crippen LogP contribution >= 0.6 is 0 Å². The molecular formula is C12H14N4O2. The first-order chi connectivity index (χ1) is 8.79. The molecule has 1 amide bonds. The lowest BCUT2D eigenvalue weighted by Crippen LogP contribution is -2.24. The zero-order valence-electron chi connectivity index (χ0n) is 10.0. The Balaban J connectivity index is 1.81. The van der Waals surface area contributed by atoms with E-state index in [-0.39, 0.29) is 5.82 Å². The Labute approximate surface area is 104 Å². The average molecular weight is 246 g/mol. The summed E-state index contributed by atoms with van der Waals surface area (Å²) in [5, 5.41) is 6.45. The summed E-state index contributed by atoms with van der Waals surface area (Å²) in [5.41, 5.74) is 3.28. The molecule has 2 rings (SSSR count). The van der Waals surface area contributed by atoms with Crippen LogP contribution in [0, 0.1) is 0 Å². The summed E-state index contributed by atoms with van der Waals surface area (Å²) in [4.78, 5) is 20.7. The highest BCUT2D eigenvalue weighted by atomic mass is 16.6. The number of hydroxylamine groups is 1. The van der Waals surface area contributed by atoms with Crippen molar-refractivity contribution in [2.24, 2.45) is 0 Å². The van der Waals surface area contributed by atoms with Crippen LogP contribution < -0.4 is 5.48 Å². The van der Waals surface area contributed by atoms with Crippen LogP contribution in [0.15, 0.2) is 30.3 Å². The van der Waals surface area contributed by atoms with E-state index in [1.54, 1.807) is 0 Å². The number of benzene rings is 1. The minimum absolute atomic E-state index is 0.0833. The maximum Gasteiger partial charge on any atom is 0.314 e. The fourth-order valence-corrected chi connectivity index (χ4v) is 1.36. The number of H-pyrrole nitrogens is 1. The van der Waals surface area contributed by atoms with E-state index < -0.39 is 5.91 Å². The molecule has 0 fully saturated rings. The fourth-order valence-electron chi connectivity index (χ4n) is 1.36. The molecular weight excluding hydrogens is 232 g/mol. The summed E-state index contributed by atoms with van der Waals surface area (Å²) < 4.78 is 0. The molecule has 0 bridgehead atoms. The van der Waals surface area contributed by atoms with Crippen molar-refractivity contribution in [2.45, 2.75) is 20.0 Å². The molecule has 0 atom stereocenters. The molecule has 0 spiro atoms. The normalized spacial score (nSPS) is 10.3. The van der Waals surface area contributed by atoms with Crippen molar-refractivity contribution < 1.29 is 9.63 Å². The molecule has 18 heavy (non-hydrogen) atoms. The third-order valence-corrected chi connectivity index (χ3v) is 2.32. The van der Waals surface area contributed by atoms with E-state index in [1.165, 1.54) is 0 Å². The zero-order valence-corrected chi connectivity index (χ0v) is 10.0. The van der Waals surface area contributed by atoms with Gasteiger partial charge in [0.05, 0.1) is 6.61 Å². The molecule has 0 aliphatic heterocycles. The van der Waals surface area contributed by atoms with Gasteiger partial charge >= 0.3 is 5.91 Å². The molecule has 1 aromatic carbocycles. The Morgan fingerprint density at radius 3 is 2.83 bits per heavy atom. The lowest BCUT2D eigenvalue weighted by Gasteiger charge is -2.03. The second-order valence-corrected chi connectivity index (χ2v) is 3.66. The summed E-state index contributed by atoms with van der Waals surface area (Å²) in [6, 6.07) is 9.55. The Morgan fingerprint density at radius 1 is 1.39 bits per heavy atom. The predicted octanol–water partition coefficient (Wildman–Crippen LogP) is 1.23. The maximum atomic E-state index is 11.6. The quantitative estimate of drug-likeness (QED) is 0.777. The van der Waals surface area contributed by atoms with E-state index in [9.17, 15) is 4.79 Å². The van der Waals surface area contributed by atoms with Gasteiger partial charge < -0.3 is 0 Å². The highest BCUT2D eigenvalue weighted by Gasteiger charge is 2.11. The molecule has 94 valence electrons. The van der Waals surface area contributed by atoms with Crippen LogP contribution in [0.2, 0.25) is 0 Å². The van der Waals surface area contributed by atoms with Gasteiger partial charge in [-0.15, -0.1) is 5.10 Å². The SMILES string of the molecule is CCc1nc(C(=O)NOCc2ccccc2)n[nH]1. The van der Waals surface area contributed by atoms with Crippen LogP contribution in [0.4, 0.5) is 0 Å². The van der Waals surface area contributed by atoms with Crippen molar-refractivity contribution in [1.82, 2.24) is 20.7 Å². The second-order valence-electron chi connectivity index (χ2n) is 3.66. The van der Waals surface area contributed by atoms with Crippen molar-refractivity contribution in [2.75, 3.05) is 0 Å². The lowest BCUT2D eigenvalue weighted by atomic mass is 10.2. The molecule has 2 N–H and O–H groups in total. The Kier molecular flexibility index (Phi) is 4.03. The number of carbonyl (C=O) groups excluding carboxylic acids is 1. The first-order valence-corrected chi connectivity index (χ1v) is 5.67. The van der Waals surface area contributed by atoms with E-state index in [2.05, 4.69) is 20.7 Å². The number of aromatic amines is 1. The van der Waals surface area contributed by atoms with Gasteiger partial charge in [0.15, 0.2) is 0 Å². The third-order valence-electron chi connectivity index (χ3n) is 2.32. The van der Waals surface area contributed by atoms with Crippen LogP contribution in [0.5, 0.6) is 0 Å². The van der Waals surface area contributed by atoms with E-state index in [0.717, 1.165) is 5.56 Å². The summed E-state index contributed by atoms with van der Waals surface area (Å²) >= 11 is 0. The summed E-state index contributed by atoms with van der Waals surface area (Å²) in [7, 11) is 0. The Morgan fingerprint density at radius 2 is 2.17 bits per heavy atom. The van der Waals surface area contributed by atoms with Gasteiger partial charge in [-0.2, -0.15) is 0 Å². The van der Waals surface area contributed by atoms with Crippen LogP contribution in [0.1, 0.15) is 28.9 Å². The van der Waals surface area contributed by atoms with Crippen LogP contribution in [0.3, 0.4) is 0 Å². The molecule has 0 unspecified atom stereocenters. The van der Waals surface area contributed by atoms with Crippen LogP contribution in [0.25, 0.3) is 0 Å². The monoisotopic (exact) mass is 246 g/mol. The summed E-state index contributed by atoms with van der Waals surface area (Å²) in [5.74, 6) is 0.296. The minimum atomic E-state index is -0.457. The molecule has 2 aromatic rings. The molecule has 0 aliphatic carbocycles. The number of aromatic nitrogens is 3. The van der Waals surface area contributed by atoms with Crippen molar-refractivity contribution >= 4 is 5.91 Å².